The van der Waals surface area contributed by atoms with Gasteiger partial charge in [-0.2, -0.15) is 0 Å². The normalized spacial score (nSPS) is 15.9. The number of aromatic carboxylic acids is 2. The van der Waals surface area contributed by atoms with Gasteiger partial charge in [0.05, 0.1) is 23.8 Å². The van der Waals surface area contributed by atoms with E-state index in [1.54, 1.807) is 7.05 Å². The monoisotopic (exact) mass is 706 g/mol. The summed E-state index contributed by atoms with van der Waals surface area (Å²) in [6, 6.07) is 17.6. The summed E-state index contributed by atoms with van der Waals surface area (Å²) in [6.07, 6.45) is 1.99. The van der Waals surface area contributed by atoms with Gasteiger partial charge < -0.3 is 51.4 Å². The number of aliphatic hydroxyl groups excluding tert-OH is 5. The smallest absolute Gasteiger partial charge is 0.335 e. The molecule has 5 rings (SSSR count). The number of imidazole rings is 1. The van der Waals surface area contributed by atoms with E-state index in [1.807, 2.05) is 42.5 Å². The number of carboxylic acid groups (broad SMARTS) is 2. The van der Waals surface area contributed by atoms with E-state index in [0.717, 1.165) is 53.8 Å². The third kappa shape index (κ3) is 10.7. The number of hydrogen-bond donors (Lipinski definition) is 10. The lowest BCUT2D eigenvalue weighted by molar-refractivity contribution is -0.113. The van der Waals surface area contributed by atoms with Gasteiger partial charge in [-0.25, -0.2) is 14.6 Å². The van der Waals surface area contributed by atoms with Crippen molar-refractivity contribution in [2.24, 2.45) is 5.92 Å². The molecule has 0 unspecified atom stereocenters. The number of carbonyl (C=O) groups excluding carboxylic acids is 1. The van der Waals surface area contributed by atoms with Crippen molar-refractivity contribution in [3.63, 3.8) is 0 Å². The third-order valence-corrected chi connectivity index (χ3v) is 8.91. The van der Waals surface area contributed by atoms with Crippen LogP contribution in [0.3, 0.4) is 0 Å². The van der Waals surface area contributed by atoms with Gasteiger partial charge in [0.15, 0.2) is 0 Å². The van der Waals surface area contributed by atoms with E-state index >= 15 is 0 Å². The SMILES string of the molecule is CNC[C@H](O)[C@@H](O)[C@H](O)[C@H](O)CO.O=C(O)c1cc(NC(=O)c2nc(-c3ccc4ccccc4c3)[nH]c2CC2CCCCCC2)cc(C(=O)O)c1. The Bertz CT molecular complexity index is 1750. The third-order valence-electron chi connectivity index (χ3n) is 8.91. The summed E-state index contributed by atoms with van der Waals surface area (Å²) in [7, 11) is 1.57. The first-order valence-corrected chi connectivity index (χ1v) is 16.9. The topological polar surface area (TPSA) is 246 Å². The molecule has 0 saturated heterocycles. The molecule has 1 aliphatic carbocycles. The first-order chi connectivity index (χ1) is 24.4. The van der Waals surface area contributed by atoms with Crippen LogP contribution in [-0.2, 0) is 6.42 Å². The summed E-state index contributed by atoms with van der Waals surface area (Å²) in [5, 5.41) is 71.1. The molecule has 0 radical (unpaired) electrons. The molecule has 1 saturated carbocycles. The fraction of sp³-hybridized carbons (Fsp3) is 0.405. The summed E-state index contributed by atoms with van der Waals surface area (Å²) in [4.78, 5) is 44.6. The van der Waals surface area contributed by atoms with Crippen molar-refractivity contribution >= 4 is 34.3 Å². The van der Waals surface area contributed by atoms with Crippen LogP contribution in [0.25, 0.3) is 22.2 Å². The van der Waals surface area contributed by atoms with E-state index in [0.29, 0.717) is 18.2 Å². The number of nitrogens with one attached hydrogen (secondary N) is 3. The Kier molecular flexibility index (Phi) is 14.2. The van der Waals surface area contributed by atoms with Crippen molar-refractivity contribution in [3.8, 4) is 11.4 Å². The van der Waals surface area contributed by atoms with E-state index in [-0.39, 0.29) is 29.1 Å². The molecule has 0 aliphatic heterocycles. The van der Waals surface area contributed by atoms with E-state index in [1.165, 1.54) is 25.0 Å². The summed E-state index contributed by atoms with van der Waals surface area (Å²) >= 11 is 0. The molecule has 51 heavy (non-hydrogen) atoms. The van der Waals surface area contributed by atoms with E-state index in [4.69, 9.17) is 20.4 Å². The lowest BCUT2D eigenvalue weighted by atomic mass is 9.94. The Hall–Kier alpha value is -4.70. The summed E-state index contributed by atoms with van der Waals surface area (Å²) < 4.78 is 0. The molecule has 1 aromatic heterocycles. The molecule has 0 bridgehead atoms. The molecule has 3 aromatic carbocycles. The summed E-state index contributed by atoms with van der Waals surface area (Å²) in [5.41, 5.74) is 1.45. The first kappa shape index (κ1) is 39.1. The number of fused-ring (bicyclic) bond motifs is 1. The Morgan fingerprint density at radius 2 is 1.43 bits per heavy atom. The van der Waals surface area contributed by atoms with Gasteiger partial charge in [-0.05, 0) is 54.4 Å². The van der Waals surface area contributed by atoms with Crippen LogP contribution in [-0.4, -0.2) is 108 Å². The van der Waals surface area contributed by atoms with Crippen molar-refractivity contribution in [2.75, 3.05) is 25.5 Å². The Balaban J connectivity index is 0.000000383. The maximum atomic E-state index is 13.5. The Morgan fingerprint density at radius 3 is 2.02 bits per heavy atom. The molecule has 274 valence electrons. The molecule has 14 heteroatoms. The minimum absolute atomic E-state index is 0.0861. The fourth-order valence-corrected chi connectivity index (χ4v) is 6.11. The predicted octanol–water partition coefficient (Wildman–Crippen LogP) is 3.03. The Morgan fingerprint density at radius 1 is 0.824 bits per heavy atom. The van der Waals surface area contributed by atoms with Crippen molar-refractivity contribution in [1.82, 2.24) is 15.3 Å². The largest absolute Gasteiger partial charge is 0.478 e. The molecular weight excluding hydrogens is 660 g/mol. The number of benzene rings is 3. The number of anilines is 1. The van der Waals surface area contributed by atoms with E-state index in [2.05, 4.69) is 20.6 Å². The van der Waals surface area contributed by atoms with Crippen LogP contribution in [0.5, 0.6) is 0 Å². The number of rotatable bonds is 13. The van der Waals surface area contributed by atoms with Crippen LogP contribution in [0.2, 0.25) is 0 Å². The number of amides is 1. The molecule has 4 aromatic rings. The molecule has 1 fully saturated rings. The lowest BCUT2D eigenvalue weighted by Gasteiger charge is -2.25. The molecule has 10 N–H and O–H groups in total. The van der Waals surface area contributed by atoms with E-state index in [9.17, 15) is 29.7 Å². The van der Waals surface area contributed by atoms with Crippen LogP contribution in [0.15, 0.2) is 60.7 Å². The van der Waals surface area contributed by atoms with Crippen LogP contribution in [0.1, 0.15) is 75.4 Å². The van der Waals surface area contributed by atoms with Crippen LogP contribution < -0.4 is 10.6 Å². The maximum absolute atomic E-state index is 13.5. The van der Waals surface area contributed by atoms with E-state index < -0.39 is 48.9 Å². The molecule has 1 aliphatic rings. The first-order valence-electron chi connectivity index (χ1n) is 16.9. The second kappa shape index (κ2) is 18.5. The van der Waals surface area contributed by atoms with Crippen molar-refractivity contribution in [2.45, 2.75) is 69.4 Å². The number of likely N-dealkylation sites (N-methyl/N-ethyl adjacent to an activating group) is 1. The zero-order valence-corrected chi connectivity index (χ0v) is 28.3. The van der Waals surface area contributed by atoms with Crippen LogP contribution >= 0.6 is 0 Å². The van der Waals surface area contributed by atoms with Crippen molar-refractivity contribution < 1.29 is 50.1 Å². The van der Waals surface area contributed by atoms with Gasteiger partial charge in [-0.1, -0.05) is 74.9 Å². The average molecular weight is 707 g/mol. The number of hydrogen-bond acceptors (Lipinski definition) is 10. The summed E-state index contributed by atoms with van der Waals surface area (Å²) in [6.45, 7) is -0.569. The average Bonchev–Trinajstić information content (AvgIpc) is 3.38. The highest BCUT2D eigenvalue weighted by Crippen LogP contribution is 2.29. The highest BCUT2D eigenvalue weighted by Gasteiger charge is 2.29. The number of carboxylic acids is 2. The number of aromatic nitrogens is 2. The molecule has 1 amide bonds. The van der Waals surface area contributed by atoms with Gasteiger partial charge >= 0.3 is 11.9 Å². The number of aliphatic hydroxyl groups is 5. The maximum Gasteiger partial charge on any atom is 0.335 e. The van der Waals surface area contributed by atoms with Crippen molar-refractivity contribution in [1.29, 1.82) is 0 Å². The second-order valence-electron chi connectivity index (χ2n) is 12.8. The molecule has 14 nitrogen and oxygen atoms in total. The van der Waals surface area contributed by atoms with Gasteiger partial charge in [0, 0.05) is 23.5 Å². The standard InChI is InChI=1S/C30H29N3O5.C7H17NO5/c34-28(31-24-16-22(29(35)36)15-23(17-24)30(37)38)26-25(13-18-7-3-1-2-4-8-18)32-27(33-26)21-12-11-19-9-5-6-10-20(19)14-21;1-8-2-4(10)6(12)7(13)5(11)3-9/h5-6,9-12,14-18H,1-4,7-8,13H2,(H,31,34)(H,32,33)(H,35,36)(H,37,38);4-13H,2-3H2,1H3/t;4-,5+,6+,7+/m.0/s1. The number of aromatic amines is 1. The number of H-pyrrole nitrogens is 1. The fourth-order valence-electron chi connectivity index (χ4n) is 6.11. The highest BCUT2D eigenvalue weighted by molar-refractivity contribution is 6.05. The highest BCUT2D eigenvalue weighted by atomic mass is 16.4. The van der Waals surface area contributed by atoms with Gasteiger partial charge in [0.1, 0.15) is 29.8 Å². The quantitative estimate of drug-likeness (QED) is 0.0902. The minimum Gasteiger partial charge on any atom is -0.478 e. The van der Waals surface area contributed by atoms with Gasteiger partial charge in [-0.15, -0.1) is 0 Å². The molecular formula is C37H46N4O10. The van der Waals surface area contributed by atoms with Crippen LogP contribution in [0, 0.1) is 5.92 Å². The van der Waals surface area contributed by atoms with Crippen LogP contribution in [0.4, 0.5) is 5.69 Å². The van der Waals surface area contributed by atoms with Crippen molar-refractivity contribution in [3.05, 3.63) is 83.2 Å². The molecule has 4 atom stereocenters. The lowest BCUT2D eigenvalue weighted by Crippen LogP contribution is -2.48. The molecule has 0 spiro atoms. The zero-order chi connectivity index (χ0) is 37.1. The predicted molar refractivity (Wildman–Crippen MR) is 190 cm³/mol. The Labute approximate surface area is 294 Å². The van der Waals surface area contributed by atoms with Gasteiger partial charge in [0.2, 0.25) is 0 Å². The zero-order valence-electron chi connectivity index (χ0n) is 28.3. The number of carbonyl (C=O) groups is 3. The summed E-state index contributed by atoms with van der Waals surface area (Å²) in [5.74, 6) is -2.07. The molecule has 1 heterocycles. The number of nitrogens with zero attached hydrogens (tertiary/aromatic N) is 1. The van der Waals surface area contributed by atoms with Gasteiger partial charge in [0.25, 0.3) is 5.91 Å². The van der Waals surface area contributed by atoms with Gasteiger partial charge in [-0.3, -0.25) is 4.79 Å². The minimum atomic E-state index is -1.55. The second-order valence-corrected chi connectivity index (χ2v) is 12.8.